The quantitative estimate of drug-likeness (QED) is 0.806. The molecule has 3 atom stereocenters. The van der Waals surface area contributed by atoms with Crippen LogP contribution in [0.4, 0.5) is 0 Å². The van der Waals surface area contributed by atoms with E-state index in [1.54, 1.807) is 0 Å². The van der Waals surface area contributed by atoms with E-state index in [9.17, 15) is 0 Å². The fourth-order valence-electron chi connectivity index (χ4n) is 4.42. The highest BCUT2D eigenvalue weighted by atomic mass is 15.3. The minimum absolute atomic E-state index is 0.742. The molecule has 0 bridgehead atoms. The van der Waals surface area contributed by atoms with Crippen molar-refractivity contribution in [1.82, 2.24) is 15.1 Å². The Balaban J connectivity index is 1.66. The SMILES string of the molecule is CNC1CCCCC1N1CCCN2CCCC2C1. The minimum atomic E-state index is 0.742. The van der Waals surface area contributed by atoms with Crippen LogP contribution in [0.5, 0.6) is 0 Å². The van der Waals surface area contributed by atoms with E-state index in [-0.39, 0.29) is 0 Å². The fraction of sp³-hybridized carbons (Fsp3) is 1.00. The van der Waals surface area contributed by atoms with Crippen LogP contribution in [0.15, 0.2) is 0 Å². The van der Waals surface area contributed by atoms with Crippen molar-refractivity contribution in [2.75, 3.05) is 33.2 Å². The predicted octanol–water partition coefficient (Wildman–Crippen LogP) is 1.69. The van der Waals surface area contributed by atoms with Gasteiger partial charge in [0.05, 0.1) is 0 Å². The number of rotatable bonds is 2. The number of nitrogens with one attached hydrogen (secondary N) is 1. The molecule has 0 radical (unpaired) electrons. The average molecular weight is 251 g/mol. The zero-order chi connectivity index (χ0) is 12.4. The van der Waals surface area contributed by atoms with Crippen molar-refractivity contribution >= 4 is 0 Å². The second-order valence-corrected chi connectivity index (χ2v) is 6.43. The molecule has 1 aliphatic carbocycles. The van der Waals surface area contributed by atoms with Gasteiger partial charge in [0.1, 0.15) is 0 Å². The van der Waals surface area contributed by atoms with Gasteiger partial charge in [-0.1, -0.05) is 12.8 Å². The van der Waals surface area contributed by atoms with Crippen LogP contribution in [-0.4, -0.2) is 61.2 Å². The maximum atomic E-state index is 3.58. The molecule has 104 valence electrons. The number of fused-ring (bicyclic) bond motifs is 1. The van der Waals surface area contributed by atoms with Crippen molar-refractivity contribution in [3.05, 3.63) is 0 Å². The van der Waals surface area contributed by atoms with Crippen LogP contribution in [0, 0.1) is 0 Å². The van der Waals surface area contributed by atoms with Gasteiger partial charge in [0.2, 0.25) is 0 Å². The summed E-state index contributed by atoms with van der Waals surface area (Å²) in [6, 6.07) is 2.42. The normalized spacial score (nSPS) is 39.5. The van der Waals surface area contributed by atoms with Gasteiger partial charge in [0.25, 0.3) is 0 Å². The summed E-state index contributed by atoms with van der Waals surface area (Å²) in [5, 5.41) is 3.58. The summed E-state index contributed by atoms with van der Waals surface area (Å²) in [7, 11) is 2.16. The topological polar surface area (TPSA) is 18.5 Å². The molecule has 3 rings (SSSR count). The first-order valence-corrected chi connectivity index (χ1v) is 8.04. The lowest BCUT2D eigenvalue weighted by Gasteiger charge is -2.40. The van der Waals surface area contributed by atoms with E-state index < -0.39 is 0 Å². The van der Waals surface area contributed by atoms with Gasteiger partial charge in [0.15, 0.2) is 0 Å². The molecular weight excluding hydrogens is 222 g/mol. The summed E-state index contributed by atoms with van der Waals surface area (Å²) in [6.45, 7) is 5.37. The molecule has 3 heteroatoms. The Kier molecular flexibility index (Phi) is 4.22. The Morgan fingerprint density at radius 1 is 0.833 bits per heavy atom. The summed E-state index contributed by atoms with van der Waals surface area (Å²) in [5.74, 6) is 0. The molecule has 0 amide bonds. The molecule has 2 saturated heterocycles. The Morgan fingerprint density at radius 2 is 1.61 bits per heavy atom. The maximum Gasteiger partial charge on any atom is 0.0249 e. The van der Waals surface area contributed by atoms with Crippen molar-refractivity contribution in [2.45, 2.75) is 63.1 Å². The molecule has 3 nitrogen and oxygen atoms in total. The number of hydrogen-bond donors (Lipinski definition) is 1. The van der Waals surface area contributed by atoms with E-state index in [2.05, 4.69) is 22.2 Å². The molecule has 0 aromatic carbocycles. The van der Waals surface area contributed by atoms with Gasteiger partial charge in [0, 0.05) is 24.7 Å². The molecule has 1 saturated carbocycles. The van der Waals surface area contributed by atoms with E-state index in [0.29, 0.717) is 0 Å². The van der Waals surface area contributed by atoms with Gasteiger partial charge in [-0.15, -0.1) is 0 Å². The van der Waals surface area contributed by atoms with Gasteiger partial charge in [-0.05, 0) is 58.8 Å². The van der Waals surface area contributed by atoms with Gasteiger partial charge >= 0.3 is 0 Å². The van der Waals surface area contributed by atoms with Crippen LogP contribution < -0.4 is 5.32 Å². The van der Waals surface area contributed by atoms with Crippen molar-refractivity contribution < 1.29 is 0 Å². The number of nitrogens with zero attached hydrogens (tertiary/aromatic N) is 2. The Bertz CT molecular complexity index is 268. The van der Waals surface area contributed by atoms with Crippen LogP contribution in [0.3, 0.4) is 0 Å². The van der Waals surface area contributed by atoms with Crippen LogP contribution in [0.1, 0.15) is 44.9 Å². The number of hydrogen-bond acceptors (Lipinski definition) is 3. The lowest BCUT2D eigenvalue weighted by molar-refractivity contribution is 0.115. The smallest absolute Gasteiger partial charge is 0.0249 e. The van der Waals surface area contributed by atoms with E-state index in [4.69, 9.17) is 0 Å². The molecule has 3 fully saturated rings. The minimum Gasteiger partial charge on any atom is -0.315 e. The average Bonchev–Trinajstić information content (AvgIpc) is 2.76. The monoisotopic (exact) mass is 251 g/mol. The molecule has 3 unspecified atom stereocenters. The first-order valence-electron chi connectivity index (χ1n) is 8.04. The third kappa shape index (κ3) is 2.59. The summed E-state index contributed by atoms with van der Waals surface area (Å²) in [4.78, 5) is 5.58. The molecule has 2 heterocycles. The number of likely N-dealkylation sites (N-methyl/N-ethyl adjacent to an activating group) is 1. The largest absolute Gasteiger partial charge is 0.315 e. The Hall–Kier alpha value is -0.120. The molecule has 2 aliphatic heterocycles. The highest BCUT2D eigenvalue weighted by Gasteiger charge is 2.34. The first kappa shape index (κ1) is 12.9. The van der Waals surface area contributed by atoms with Crippen molar-refractivity contribution in [3.63, 3.8) is 0 Å². The summed E-state index contributed by atoms with van der Waals surface area (Å²) >= 11 is 0. The van der Waals surface area contributed by atoms with E-state index in [1.165, 1.54) is 71.1 Å². The molecule has 1 N–H and O–H groups in total. The third-order valence-electron chi connectivity index (χ3n) is 5.40. The predicted molar refractivity (Wildman–Crippen MR) is 75.9 cm³/mol. The fourth-order valence-corrected chi connectivity index (χ4v) is 4.42. The molecule has 0 aromatic rings. The molecule has 3 aliphatic rings. The van der Waals surface area contributed by atoms with E-state index in [1.807, 2.05) is 0 Å². The van der Waals surface area contributed by atoms with Crippen LogP contribution >= 0.6 is 0 Å². The third-order valence-corrected chi connectivity index (χ3v) is 5.40. The van der Waals surface area contributed by atoms with Gasteiger partial charge < -0.3 is 5.32 Å². The summed E-state index contributed by atoms with van der Waals surface area (Å²) < 4.78 is 0. The highest BCUT2D eigenvalue weighted by Crippen LogP contribution is 2.28. The van der Waals surface area contributed by atoms with Crippen molar-refractivity contribution in [2.24, 2.45) is 0 Å². The summed E-state index contributed by atoms with van der Waals surface area (Å²) in [5.41, 5.74) is 0. The standard InChI is InChI=1S/C15H29N3/c1-16-14-7-2-3-8-15(14)18-11-5-10-17-9-4-6-13(17)12-18/h13-16H,2-12H2,1H3. The maximum absolute atomic E-state index is 3.58. The second-order valence-electron chi connectivity index (χ2n) is 6.43. The zero-order valence-electron chi connectivity index (χ0n) is 11.9. The van der Waals surface area contributed by atoms with Gasteiger partial charge in [-0.2, -0.15) is 0 Å². The Labute approximate surface area is 112 Å². The molecule has 0 aromatic heterocycles. The summed E-state index contributed by atoms with van der Waals surface area (Å²) in [6.07, 6.45) is 9.90. The van der Waals surface area contributed by atoms with Gasteiger partial charge in [-0.25, -0.2) is 0 Å². The van der Waals surface area contributed by atoms with Crippen LogP contribution in [0.2, 0.25) is 0 Å². The van der Waals surface area contributed by atoms with Crippen molar-refractivity contribution in [1.29, 1.82) is 0 Å². The molecular formula is C15H29N3. The Morgan fingerprint density at radius 3 is 2.50 bits per heavy atom. The van der Waals surface area contributed by atoms with E-state index >= 15 is 0 Å². The van der Waals surface area contributed by atoms with Gasteiger partial charge in [-0.3, -0.25) is 9.80 Å². The van der Waals surface area contributed by atoms with Crippen molar-refractivity contribution in [3.8, 4) is 0 Å². The second kappa shape index (κ2) is 5.89. The lowest BCUT2D eigenvalue weighted by Crippen LogP contribution is -2.52. The first-order chi connectivity index (χ1) is 8.88. The van der Waals surface area contributed by atoms with Crippen LogP contribution in [-0.2, 0) is 0 Å². The zero-order valence-corrected chi connectivity index (χ0v) is 11.9. The molecule has 0 spiro atoms. The van der Waals surface area contributed by atoms with Crippen LogP contribution in [0.25, 0.3) is 0 Å². The highest BCUT2D eigenvalue weighted by molar-refractivity contribution is 4.92. The lowest BCUT2D eigenvalue weighted by atomic mass is 9.89. The van der Waals surface area contributed by atoms with E-state index in [0.717, 1.165) is 18.1 Å². The molecule has 18 heavy (non-hydrogen) atoms.